The van der Waals surface area contributed by atoms with Crippen molar-refractivity contribution in [3.8, 4) is 5.75 Å². The Kier molecular flexibility index (Phi) is 6.55. The van der Waals surface area contributed by atoms with Gasteiger partial charge in [0, 0.05) is 13.2 Å². The fourth-order valence-electron chi connectivity index (χ4n) is 2.47. The van der Waals surface area contributed by atoms with Gasteiger partial charge in [0.25, 0.3) is 5.69 Å². The molecule has 1 aromatic heterocycles. The Morgan fingerprint density at radius 3 is 2.60 bits per heavy atom. The fraction of sp³-hybridized carbons (Fsp3) is 0.158. The average molecular weight is 415 g/mol. The van der Waals surface area contributed by atoms with Crippen molar-refractivity contribution in [1.82, 2.24) is 4.98 Å². The predicted molar refractivity (Wildman–Crippen MR) is 107 cm³/mol. The number of benzene rings is 2. The number of methoxy groups -OCH3 is 1. The Balaban J connectivity index is 1.77. The third-order valence-electron chi connectivity index (χ3n) is 3.91. The van der Waals surface area contributed by atoms with Gasteiger partial charge in [0.15, 0.2) is 0 Å². The van der Waals surface area contributed by atoms with E-state index in [1.807, 2.05) is 0 Å². The molecule has 2 aromatic carbocycles. The van der Waals surface area contributed by atoms with Crippen molar-refractivity contribution in [1.29, 1.82) is 0 Å². The number of halogens is 1. The van der Waals surface area contributed by atoms with Crippen LogP contribution < -0.4 is 20.1 Å². The summed E-state index contributed by atoms with van der Waals surface area (Å²) in [5, 5.41) is 28.8. The van der Waals surface area contributed by atoms with E-state index >= 15 is 0 Å². The lowest BCUT2D eigenvalue weighted by molar-refractivity contribution is -0.579. The molecule has 0 fully saturated rings. The summed E-state index contributed by atoms with van der Waals surface area (Å²) < 4.78 is 24.8. The van der Waals surface area contributed by atoms with Gasteiger partial charge in [-0.15, -0.1) is 4.98 Å². The average Bonchev–Trinajstić information content (AvgIpc) is 2.75. The molecule has 0 spiro atoms. The van der Waals surface area contributed by atoms with Crippen LogP contribution in [0, 0.1) is 21.1 Å². The minimum Gasteiger partial charge on any atom is -0.754 e. The topological polar surface area (TPSA) is 125 Å². The first kappa shape index (κ1) is 20.7. The molecule has 1 heterocycles. The van der Waals surface area contributed by atoms with Crippen LogP contribution in [0.2, 0.25) is 0 Å². The van der Waals surface area contributed by atoms with Crippen LogP contribution in [-0.4, -0.2) is 30.2 Å². The van der Waals surface area contributed by atoms with E-state index in [1.165, 1.54) is 24.3 Å². The van der Waals surface area contributed by atoms with Crippen LogP contribution in [0.25, 0.3) is 0 Å². The molecule has 0 aliphatic rings. The van der Waals surface area contributed by atoms with Gasteiger partial charge in [-0.2, -0.15) is 4.39 Å². The lowest BCUT2D eigenvalue weighted by Crippen LogP contribution is -2.35. The number of hydrogen-bond donors (Lipinski definition) is 2. The van der Waals surface area contributed by atoms with Crippen LogP contribution in [0.15, 0.2) is 54.7 Å². The van der Waals surface area contributed by atoms with Crippen molar-refractivity contribution in [2.45, 2.75) is 0 Å². The first-order valence-electron chi connectivity index (χ1n) is 8.76. The number of anilines is 4. The van der Waals surface area contributed by atoms with Gasteiger partial charge in [-0.3, -0.25) is 20.7 Å². The maximum atomic E-state index is 14.2. The number of nitrogens with one attached hydrogen (secondary N) is 2. The molecule has 0 unspecified atom stereocenters. The Morgan fingerprint density at radius 1 is 1.13 bits per heavy atom. The maximum Gasteiger partial charge on any atom is 0.351 e. The van der Waals surface area contributed by atoms with Gasteiger partial charge in [-0.05, 0) is 30.3 Å². The quantitative estimate of drug-likeness (QED) is 0.179. The van der Waals surface area contributed by atoms with Crippen LogP contribution in [0.3, 0.4) is 0 Å². The molecule has 0 bridgehead atoms. The zero-order chi connectivity index (χ0) is 21.5. The van der Waals surface area contributed by atoms with E-state index in [-0.39, 0.29) is 22.1 Å². The molecule has 0 saturated heterocycles. The van der Waals surface area contributed by atoms with E-state index in [4.69, 9.17) is 9.47 Å². The second kappa shape index (κ2) is 9.47. The summed E-state index contributed by atoms with van der Waals surface area (Å²) in [6.45, 7) is 0.853. The van der Waals surface area contributed by atoms with Gasteiger partial charge >= 0.3 is 5.95 Å². The van der Waals surface area contributed by atoms with Crippen LogP contribution in [-0.2, 0) is 4.74 Å². The molecule has 30 heavy (non-hydrogen) atoms. The number of ether oxygens (including phenoxy) is 2. The first-order chi connectivity index (χ1) is 14.5. The van der Waals surface area contributed by atoms with Gasteiger partial charge in [0.2, 0.25) is 11.6 Å². The van der Waals surface area contributed by atoms with E-state index in [9.17, 15) is 19.7 Å². The predicted octanol–water partition coefficient (Wildman–Crippen LogP) is 3.27. The normalized spacial score (nSPS) is 10.5. The molecule has 0 saturated carbocycles. The summed E-state index contributed by atoms with van der Waals surface area (Å²) >= 11 is 0. The molecule has 156 valence electrons. The van der Waals surface area contributed by atoms with Gasteiger partial charge < -0.3 is 14.7 Å². The highest BCUT2D eigenvalue weighted by Crippen LogP contribution is 2.23. The number of rotatable bonds is 9. The van der Waals surface area contributed by atoms with Crippen LogP contribution in [0.4, 0.5) is 33.2 Å². The third kappa shape index (κ3) is 5.08. The van der Waals surface area contributed by atoms with Crippen molar-refractivity contribution in [3.63, 3.8) is 0 Å². The lowest BCUT2D eigenvalue weighted by Gasteiger charge is -2.16. The number of nitro groups is 1. The van der Waals surface area contributed by atoms with Gasteiger partial charge in [-0.25, -0.2) is 4.73 Å². The van der Waals surface area contributed by atoms with Crippen molar-refractivity contribution < 1.29 is 23.5 Å². The molecule has 10 nitrogen and oxygen atoms in total. The fourth-order valence-corrected chi connectivity index (χ4v) is 2.47. The maximum absolute atomic E-state index is 14.2. The van der Waals surface area contributed by atoms with Gasteiger partial charge in [-0.1, -0.05) is 6.07 Å². The molecule has 0 radical (unpaired) electrons. The van der Waals surface area contributed by atoms with Crippen LogP contribution in [0.1, 0.15) is 0 Å². The van der Waals surface area contributed by atoms with Gasteiger partial charge in [0.05, 0.1) is 29.0 Å². The zero-order valence-electron chi connectivity index (χ0n) is 15.9. The molecule has 0 amide bonds. The third-order valence-corrected chi connectivity index (χ3v) is 3.91. The van der Waals surface area contributed by atoms with Crippen molar-refractivity contribution in [2.24, 2.45) is 0 Å². The summed E-state index contributed by atoms with van der Waals surface area (Å²) in [7, 11) is 1.58. The number of non-ortho nitro benzene ring substituents is 1. The number of aromatic nitrogens is 2. The van der Waals surface area contributed by atoms with E-state index in [0.717, 1.165) is 6.20 Å². The second-order valence-corrected chi connectivity index (χ2v) is 6.00. The smallest absolute Gasteiger partial charge is 0.351 e. The van der Waals surface area contributed by atoms with Crippen LogP contribution in [0.5, 0.6) is 5.75 Å². The zero-order valence-corrected chi connectivity index (χ0v) is 15.9. The Hall–Kier alpha value is -3.99. The van der Waals surface area contributed by atoms with Crippen molar-refractivity contribution in [3.05, 3.63) is 75.9 Å². The molecular formula is C19H18FN5O5. The Bertz CT molecular complexity index is 1030. The molecule has 0 aliphatic carbocycles. The van der Waals surface area contributed by atoms with E-state index in [2.05, 4.69) is 15.6 Å². The van der Waals surface area contributed by atoms with E-state index < -0.39 is 16.6 Å². The molecule has 0 aliphatic heterocycles. The lowest BCUT2D eigenvalue weighted by atomic mass is 10.3. The van der Waals surface area contributed by atoms with Crippen molar-refractivity contribution in [2.75, 3.05) is 31.0 Å². The number of nitro benzene ring substituents is 1. The molecule has 0 atom stereocenters. The minimum atomic E-state index is -0.913. The standard InChI is InChI=1S/C19H18FN5O5/c1-29-9-10-30-16-7-5-13(6-8-16)23-19-21-12-17(20)18(24(19)26)22-14-3-2-4-15(11-14)25(27)28/h2-8,11-12,22H,9-10H2,1H3,(H,21,23). The highest BCUT2D eigenvalue weighted by Gasteiger charge is 2.17. The molecule has 3 aromatic rings. The highest BCUT2D eigenvalue weighted by molar-refractivity contribution is 5.59. The molecule has 11 heteroatoms. The first-order valence-corrected chi connectivity index (χ1v) is 8.76. The Morgan fingerprint density at radius 2 is 1.90 bits per heavy atom. The largest absolute Gasteiger partial charge is 0.754 e. The van der Waals surface area contributed by atoms with Gasteiger partial charge in [0.1, 0.15) is 18.6 Å². The van der Waals surface area contributed by atoms with Crippen molar-refractivity contribution >= 4 is 28.8 Å². The SMILES string of the molecule is COCCOc1ccc(Nc2ncc(F)c(Nc3cccc([N+](=O)[O-])c3)[n+]2[O-])cc1. The molecular weight excluding hydrogens is 397 g/mol. The summed E-state index contributed by atoms with van der Waals surface area (Å²) in [4.78, 5) is 14.1. The summed E-state index contributed by atoms with van der Waals surface area (Å²) in [6, 6.07) is 12.1. The molecule has 2 N–H and O–H groups in total. The monoisotopic (exact) mass is 415 g/mol. The summed E-state index contributed by atoms with van der Waals surface area (Å²) in [5.41, 5.74) is 0.513. The number of hydrogen-bond acceptors (Lipinski definition) is 8. The van der Waals surface area contributed by atoms with Crippen LogP contribution >= 0.6 is 0 Å². The summed E-state index contributed by atoms with van der Waals surface area (Å²) in [5.74, 6) is -0.929. The van der Waals surface area contributed by atoms with E-state index in [1.54, 1.807) is 31.4 Å². The van der Waals surface area contributed by atoms with E-state index in [0.29, 0.717) is 24.7 Å². The number of nitrogens with zero attached hydrogens (tertiary/aromatic N) is 3. The minimum absolute atomic E-state index is 0.183. The molecule has 3 rings (SSSR count). The second-order valence-electron chi connectivity index (χ2n) is 6.00. The highest BCUT2D eigenvalue weighted by atomic mass is 19.1. The summed E-state index contributed by atoms with van der Waals surface area (Å²) in [6.07, 6.45) is 0.874. The Labute approximate surface area is 170 Å².